The predicted molar refractivity (Wildman–Crippen MR) is 118 cm³/mol. The van der Waals surface area contributed by atoms with Gasteiger partial charge in [0.15, 0.2) is 0 Å². The normalized spacial score (nSPS) is 13.7. The van der Waals surface area contributed by atoms with Crippen LogP contribution in [0.5, 0.6) is 5.75 Å². The largest absolute Gasteiger partial charge is 0.493 e. The van der Waals surface area contributed by atoms with E-state index >= 15 is 0 Å². The van der Waals surface area contributed by atoms with Crippen LogP contribution in [0.25, 0.3) is 11.3 Å². The zero-order chi connectivity index (χ0) is 20.1. The van der Waals surface area contributed by atoms with Gasteiger partial charge in [0.2, 0.25) is 0 Å². The van der Waals surface area contributed by atoms with E-state index in [-0.39, 0.29) is 7.43 Å². The van der Waals surface area contributed by atoms with E-state index in [0.717, 1.165) is 29.2 Å². The molecule has 1 atom stereocenters. The second-order valence-electron chi connectivity index (χ2n) is 7.29. The quantitative estimate of drug-likeness (QED) is 0.538. The lowest BCUT2D eigenvalue weighted by Gasteiger charge is -2.15. The van der Waals surface area contributed by atoms with Crippen LogP contribution in [0.1, 0.15) is 25.8 Å². The Bertz CT molecular complexity index is 957. The van der Waals surface area contributed by atoms with Crippen LogP contribution in [0, 0.1) is 5.92 Å². The van der Waals surface area contributed by atoms with Crippen molar-refractivity contribution in [2.24, 2.45) is 5.92 Å². The predicted octanol–water partition coefficient (Wildman–Crippen LogP) is 4.68. The third kappa shape index (κ3) is 5.80. The number of aliphatic carboxylic acids is 1. The van der Waals surface area contributed by atoms with Gasteiger partial charge in [-0.05, 0) is 48.6 Å². The van der Waals surface area contributed by atoms with Gasteiger partial charge < -0.3 is 15.2 Å². The highest BCUT2D eigenvalue weighted by Gasteiger charge is 2.22. The zero-order valence-corrected chi connectivity index (χ0v) is 16.0. The molecular weight excluding hydrogens is 378 g/mol. The van der Waals surface area contributed by atoms with Crippen molar-refractivity contribution in [3.63, 3.8) is 0 Å². The monoisotopic (exact) mass is 405 g/mol. The number of nitrogens with one attached hydrogen (secondary N) is 1. The maximum absolute atomic E-state index is 11.7. The SMILES string of the molecule is C.O=C(O)C(Cc1ccccc1)Nc1cc(-c2ccc(OCC3CC3)cc2)ncn1. The van der Waals surface area contributed by atoms with E-state index < -0.39 is 12.0 Å². The summed E-state index contributed by atoms with van der Waals surface area (Å²) >= 11 is 0. The lowest BCUT2D eigenvalue weighted by atomic mass is 10.1. The highest BCUT2D eigenvalue weighted by molar-refractivity contribution is 5.77. The third-order valence-electron chi connectivity index (χ3n) is 4.90. The summed E-state index contributed by atoms with van der Waals surface area (Å²) in [6.07, 6.45) is 4.33. The maximum atomic E-state index is 11.7. The minimum Gasteiger partial charge on any atom is -0.493 e. The third-order valence-corrected chi connectivity index (χ3v) is 4.90. The number of anilines is 1. The fraction of sp³-hybridized carbons (Fsp3) is 0.292. The zero-order valence-electron chi connectivity index (χ0n) is 16.0. The summed E-state index contributed by atoms with van der Waals surface area (Å²) in [5.41, 5.74) is 2.59. The molecule has 2 N–H and O–H groups in total. The Balaban J connectivity index is 0.00000256. The fourth-order valence-corrected chi connectivity index (χ4v) is 3.04. The number of rotatable bonds is 9. The average molecular weight is 405 g/mol. The smallest absolute Gasteiger partial charge is 0.326 e. The average Bonchev–Trinajstić information content (AvgIpc) is 3.58. The van der Waals surface area contributed by atoms with Crippen LogP contribution in [-0.4, -0.2) is 33.7 Å². The van der Waals surface area contributed by atoms with Crippen LogP contribution < -0.4 is 10.1 Å². The number of carbonyl (C=O) groups is 1. The minimum atomic E-state index is -0.925. The molecule has 0 saturated heterocycles. The van der Waals surface area contributed by atoms with Gasteiger partial charge in [-0.15, -0.1) is 0 Å². The van der Waals surface area contributed by atoms with Crippen LogP contribution >= 0.6 is 0 Å². The highest BCUT2D eigenvalue weighted by Crippen LogP contribution is 2.30. The summed E-state index contributed by atoms with van der Waals surface area (Å²) < 4.78 is 5.77. The van der Waals surface area contributed by atoms with Crippen molar-refractivity contribution in [3.8, 4) is 17.0 Å². The van der Waals surface area contributed by atoms with Crippen molar-refractivity contribution in [3.05, 3.63) is 72.6 Å². The number of benzene rings is 2. The molecule has 3 aromatic rings. The second-order valence-corrected chi connectivity index (χ2v) is 7.29. The molecule has 1 saturated carbocycles. The molecule has 0 amide bonds. The van der Waals surface area contributed by atoms with Gasteiger partial charge >= 0.3 is 5.97 Å². The molecular formula is C24H27N3O3. The fourth-order valence-electron chi connectivity index (χ4n) is 3.04. The van der Waals surface area contributed by atoms with E-state index in [0.29, 0.717) is 18.2 Å². The Kier molecular flexibility index (Phi) is 7.01. The van der Waals surface area contributed by atoms with Gasteiger partial charge in [-0.3, -0.25) is 0 Å². The summed E-state index contributed by atoms with van der Waals surface area (Å²) in [4.78, 5) is 20.2. The second kappa shape index (κ2) is 9.87. The molecule has 156 valence electrons. The Labute approximate surface area is 177 Å². The first-order chi connectivity index (χ1) is 14.2. The number of hydrogen-bond acceptors (Lipinski definition) is 5. The van der Waals surface area contributed by atoms with Gasteiger partial charge in [0.25, 0.3) is 0 Å². The van der Waals surface area contributed by atoms with Gasteiger partial charge in [-0.2, -0.15) is 0 Å². The minimum absolute atomic E-state index is 0. The van der Waals surface area contributed by atoms with Gasteiger partial charge in [-0.25, -0.2) is 14.8 Å². The maximum Gasteiger partial charge on any atom is 0.326 e. The van der Waals surface area contributed by atoms with E-state index in [2.05, 4.69) is 15.3 Å². The Morgan fingerprint density at radius 1 is 1.10 bits per heavy atom. The van der Waals surface area contributed by atoms with E-state index in [1.54, 1.807) is 6.07 Å². The Hall–Kier alpha value is -3.41. The lowest BCUT2D eigenvalue weighted by Crippen LogP contribution is -2.31. The van der Waals surface area contributed by atoms with E-state index in [9.17, 15) is 9.90 Å². The summed E-state index contributed by atoms with van der Waals surface area (Å²) in [6, 6.07) is 18.3. The summed E-state index contributed by atoms with van der Waals surface area (Å²) in [5.74, 6) is 1.11. The van der Waals surface area contributed by atoms with Crippen LogP contribution in [0.15, 0.2) is 67.0 Å². The van der Waals surface area contributed by atoms with Crippen molar-refractivity contribution in [2.75, 3.05) is 11.9 Å². The van der Waals surface area contributed by atoms with E-state index in [1.807, 2.05) is 54.6 Å². The molecule has 0 radical (unpaired) electrons. The Morgan fingerprint density at radius 2 is 1.83 bits per heavy atom. The Morgan fingerprint density at radius 3 is 2.50 bits per heavy atom. The summed E-state index contributed by atoms with van der Waals surface area (Å²) in [7, 11) is 0. The number of carboxylic acid groups (broad SMARTS) is 1. The molecule has 1 aromatic heterocycles. The van der Waals surface area contributed by atoms with Crippen molar-refractivity contribution >= 4 is 11.8 Å². The van der Waals surface area contributed by atoms with Crippen molar-refractivity contribution in [1.29, 1.82) is 0 Å². The van der Waals surface area contributed by atoms with Crippen LogP contribution in [0.4, 0.5) is 5.82 Å². The standard InChI is InChI=1S/C23H23N3O3.CH4/c27-23(28)21(12-16-4-2-1-3-5-16)26-22-13-20(24-15-25-22)18-8-10-19(11-9-18)29-14-17-6-7-17;/h1-5,8-11,13,15,17,21H,6-7,12,14H2,(H,27,28)(H,24,25,26);1H4. The molecule has 0 bridgehead atoms. The van der Waals surface area contributed by atoms with Crippen molar-refractivity contribution < 1.29 is 14.6 Å². The molecule has 0 aliphatic heterocycles. The van der Waals surface area contributed by atoms with Gasteiger partial charge in [-0.1, -0.05) is 37.8 Å². The molecule has 1 fully saturated rings. The van der Waals surface area contributed by atoms with Crippen LogP contribution in [0.2, 0.25) is 0 Å². The van der Waals surface area contributed by atoms with Gasteiger partial charge in [0.1, 0.15) is 23.9 Å². The molecule has 4 rings (SSSR count). The summed E-state index contributed by atoms with van der Waals surface area (Å²) in [5, 5.41) is 12.6. The lowest BCUT2D eigenvalue weighted by molar-refractivity contribution is -0.137. The first-order valence-corrected chi connectivity index (χ1v) is 9.76. The van der Waals surface area contributed by atoms with E-state index in [1.165, 1.54) is 19.2 Å². The molecule has 1 aliphatic rings. The van der Waals surface area contributed by atoms with Crippen molar-refractivity contribution in [1.82, 2.24) is 9.97 Å². The molecule has 1 unspecified atom stereocenters. The van der Waals surface area contributed by atoms with Crippen molar-refractivity contribution in [2.45, 2.75) is 32.7 Å². The molecule has 1 aliphatic carbocycles. The van der Waals surface area contributed by atoms with E-state index in [4.69, 9.17) is 4.74 Å². The summed E-state index contributed by atoms with van der Waals surface area (Å²) in [6.45, 7) is 0.777. The molecule has 1 heterocycles. The highest BCUT2D eigenvalue weighted by atomic mass is 16.5. The van der Waals surface area contributed by atoms with Gasteiger partial charge in [0.05, 0.1) is 12.3 Å². The molecule has 2 aromatic carbocycles. The number of hydrogen-bond donors (Lipinski definition) is 2. The first kappa shape index (κ1) is 21.3. The number of nitrogens with zero attached hydrogens (tertiary/aromatic N) is 2. The number of ether oxygens (including phenoxy) is 1. The van der Waals surface area contributed by atoms with Gasteiger partial charge in [0, 0.05) is 18.1 Å². The van der Waals surface area contributed by atoms with Crippen LogP contribution in [-0.2, 0) is 11.2 Å². The topological polar surface area (TPSA) is 84.3 Å². The number of aromatic nitrogens is 2. The molecule has 6 nitrogen and oxygen atoms in total. The molecule has 6 heteroatoms. The number of carboxylic acids is 1. The van der Waals surface area contributed by atoms with Crippen LogP contribution in [0.3, 0.4) is 0 Å². The molecule has 0 spiro atoms. The molecule has 30 heavy (non-hydrogen) atoms. The first-order valence-electron chi connectivity index (χ1n) is 9.76.